The lowest BCUT2D eigenvalue weighted by Gasteiger charge is -2.20. The maximum Gasteiger partial charge on any atom is 0.416 e. The van der Waals surface area contributed by atoms with Crippen LogP contribution in [0, 0.1) is 5.92 Å². The molecule has 1 nitrogen and oxygen atoms in total. The zero-order valence-corrected chi connectivity index (χ0v) is 11.5. The Kier molecular flexibility index (Phi) is 4.47. The summed E-state index contributed by atoms with van der Waals surface area (Å²) >= 11 is 3.09. The first-order chi connectivity index (χ1) is 7.70. The van der Waals surface area contributed by atoms with E-state index in [0.717, 1.165) is 12.1 Å². The summed E-state index contributed by atoms with van der Waals surface area (Å²) in [6, 6.07) is 3.97. The van der Waals surface area contributed by atoms with Crippen molar-refractivity contribution in [3.63, 3.8) is 0 Å². The van der Waals surface area contributed by atoms with Crippen molar-refractivity contribution in [3.05, 3.63) is 28.2 Å². The molecule has 0 aliphatic carbocycles. The van der Waals surface area contributed by atoms with E-state index < -0.39 is 11.7 Å². The predicted octanol–water partition coefficient (Wildman–Crippen LogP) is 4.92. The molecule has 17 heavy (non-hydrogen) atoms. The van der Waals surface area contributed by atoms with Crippen molar-refractivity contribution in [2.75, 3.05) is 5.32 Å². The summed E-state index contributed by atoms with van der Waals surface area (Å²) in [5.41, 5.74) is -0.168. The first-order valence-corrected chi connectivity index (χ1v) is 6.14. The Morgan fingerprint density at radius 1 is 1.12 bits per heavy atom. The summed E-state index contributed by atoms with van der Waals surface area (Å²) in [7, 11) is 0. The van der Waals surface area contributed by atoms with E-state index in [4.69, 9.17) is 0 Å². The summed E-state index contributed by atoms with van der Waals surface area (Å²) in [6.07, 6.45) is -4.32. The van der Waals surface area contributed by atoms with Gasteiger partial charge in [-0.05, 0) is 31.0 Å². The number of nitrogens with one attached hydrogen (secondary N) is 1. The molecule has 1 N–H and O–H groups in total. The summed E-state index contributed by atoms with van der Waals surface area (Å²) in [6.45, 7) is 5.97. The molecule has 1 aromatic rings. The Bertz CT molecular complexity index is 388. The average Bonchev–Trinajstić information content (AvgIpc) is 2.15. The highest BCUT2D eigenvalue weighted by Gasteiger charge is 2.31. The van der Waals surface area contributed by atoms with Crippen molar-refractivity contribution in [2.45, 2.75) is 33.0 Å². The molecule has 1 unspecified atom stereocenters. The van der Waals surface area contributed by atoms with Crippen LogP contribution in [-0.4, -0.2) is 6.04 Å². The number of hydrogen-bond donors (Lipinski definition) is 1. The minimum Gasteiger partial charge on any atom is -0.382 e. The molecule has 0 bridgehead atoms. The third-order valence-electron chi connectivity index (χ3n) is 2.62. The molecule has 0 aromatic heterocycles. The molecule has 0 amide bonds. The summed E-state index contributed by atoms with van der Waals surface area (Å²) in [4.78, 5) is 0. The second-order valence-corrected chi connectivity index (χ2v) is 5.32. The smallest absolute Gasteiger partial charge is 0.382 e. The normalized spacial score (nSPS) is 13.9. The van der Waals surface area contributed by atoms with Gasteiger partial charge in [-0.1, -0.05) is 29.8 Å². The quantitative estimate of drug-likeness (QED) is 0.835. The zero-order valence-electron chi connectivity index (χ0n) is 9.90. The lowest BCUT2D eigenvalue weighted by molar-refractivity contribution is -0.137. The first kappa shape index (κ1) is 14.4. The molecule has 0 heterocycles. The average molecular weight is 310 g/mol. The van der Waals surface area contributed by atoms with E-state index in [-0.39, 0.29) is 6.04 Å². The molecule has 0 fully saturated rings. The second kappa shape index (κ2) is 5.29. The van der Waals surface area contributed by atoms with E-state index in [9.17, 15) is 13.2 Å². The molecule has 5 heteroatoms. The standard InChI is InChI=1S/C12H15BrF3N/c1-7(2)8(3)17-11-5-9(12(14,15)16)4-10(13)6-11/h4-8,17H,1-3H3. The van der Waals surface area contributed by atoms with Crippen LogP contribution in [-0.2, 0) is 6.18 Å². The van der Waals surface area contributed by atoms with Crippen LogP contribution in [0.15, 0.2) is 22.7 Å². The van der Waals surface area contributed by atoms with Crippen LogP contribution in [0.1, 0.15) is 26.3 Å². The van der Waals surface area contributed by atoms with E-state index in [2.05, 4.69) is 21.2 Å². The van der Waals surface area contributed by atoms with Gasteiger partial charge in [-0.3, -0.25) is 0 Å². The van der Waals surface area contributed by atoms with Crippen molar-refractivity contribution in [3.8, 4) is 0 Å². The lowest BCUT2D eigenvalue weighted by atomic mass is 10.1. The Balaban J connectivity index is 2.98. The fourth-order valence-corrected chi connectivity index (χ4v) is 1.76. The van der Waals surface area contributed by atoms with Gasteiger partial charge in [0.2, 0.25) is 0 Å². The molecule has 1 rings (SSSR count). The maximum atomic E-state index is 12.6. The van der Waals surface area contributed by atoms with Crippen LogP contribution in [0.2, 0.25) is 0 Å². The monoisotopic (exact) mass is 309 g/mol. The van der Waals surface area contributed by atoms with E-state index in [1.807, 2.05) is 20.8 Å². The van der Waals surface area contributed by atoms with Gasteiger partial charge in [-0.2, -0.15) is 13.2 Å². The molecule has 0 aliphatic heterocycles. The van der Waals surface area contributed by atoms with Crippen LogP contribution in [0.4, 0.5) is 18.9 Å². The highest BCUT2D eigenvalue weighted by molar-refractivity contribution is 9.10. The SMILES string of the molecule is CC(C)C(C)Nc1cc(Br)cc(C(F)(F)F)c1. The number of hydrogen-bond acceptors (Lipinski definition) is 1. The molecular weight excluding hydrogens is 295 g/mol. The summed E-state index contributed by atoms with van der Waals surface area (Å²) in [5, 5.41) is 3.06. The maximum absolute atomic E-state index is 12.6. The predicted molar refractivity (Wildman–Crippen MR) is 67.1 cm³/mol. The fraction of sp³-hybridized carbons (Fsp3) is 0.500. The molecule has 0 aliphatic rings. The van der Waals surface area contributed by atoms with Gasteiger partial charge in [0.05, 0.1) is 5.56 Å². The first-order valence-electron chi connectivity index (χ1n) is 5.34. The van der Waals surface area contributed by atoms with Crippen molar-refractivity contribution < 1.29 is 13.2 Å². The van der Waals surface area contributed by atoms with Gasteiger partial charge in [0.25, 0.3) is 0 Å². The lowest BCUT2D eigenvalue weighted by Crippen LogP contribution is -2.21. The molecule has 0 radical (unpaired) electrons. The largest absolute Gasteiger partial charge is 0.416 e. The van der Waals surface area contributed by atoms with E-state index in [1.54, 1.807) is 6.07 Å². The van der Waals surface area contributed by atoms with Gasteiger partial charge >= 0.3 is 6.18 Å². The van der Waals surface area contributed by atoms with Gasteiger partial charge in [0.1, 0.15) is 0 Å². The third-order valence-corrected chi connectivity index (χ3v) is 3.08. The molecule has 0 saturated heterocycles. The van der Waals surface area contributed by atoms with Crippen LogP contribution >= 0.6 is 15.9 Å². The van der Waals surface area contributed by atoms with Crippen LogP contribution < -0.4 is 5.32 Å². The number of rotatable bonds is 3. The summed E-state index contributed by atoms with van der Waals surface area (Å²) in [5.74, 6) is 0.350. The van der Waals surface area contributed by atoms with Crippen molar-refractivity contribution in [1.29, 1.82) is 0 Å². The molecule has 1 atom stereocenters. The Morgan fingerprint density at radius 2 is 1.71 bits per heavy atom. The summed E-state index contributed by atoms with van der Waals surface area (Å²) < 4.78 is 38.2. The Morgan fingerprint density at radius 3 is 2.18 bits per heavy atom. The molecular formula is C12H15BrF3N. The number of alkyl halides is 3. The highest BCUT2D eigenvalue weighted by atomic mass is 79.9. The fourth-order valence-electron chi connectivity index (χ4n) is 1.27. The molecule has 1 aromatic carbocycles. The van der Waals surface area contributed by atoms with Gasteiger partial charge < -0.3 is 5.32 Å². The number of halogens is 4. The topological polar surface area (TPSA) is 12.0 Å². The van der Waals surface area contributed by atoms with E-state index in [0.29, 0.717) is 16.1 Å². The van der Waals surface area contributed by atoms with Gasteiger partial charge in [-0.15, -0.1) is 0 Å². The molecule has 0 spiro atoms. The van der Waals surface area contributed by atoms with Gasteiger partial charge in [-0.25, -0.2) is 0 Å². The number of benzene rings is 1. The minimum absolute atomic E-state index is 0.116. The second-order valence-electron chi connectivity index (χ2n) is 4.40. The Labute approximate surface area is 108 Å². The zero-order chi connectivity index (χ0) is 13.2. The minimum atomic E-state index is -4.32. The van der Waals surface area contributed by atoms with Crippen LogP contribution in [0.5, 0.6) is 0 Å². The van der Waals surface area contributed by atoms with E-state index in [1.165, 1.54) is 0 Å². The van der Waals surface area contributed by atoms with Gasteiger partial charge in [0.15, 0.2) is 0 Å². The van der Waals surface area contributed by atoms with E-state index >= 15 is 0 Å². The van der Waals surface area contributed by atoms with Crippen LogP contribution in [0.25, 0.3) is 0 Å². The van der Waals surface area contributed by atoms with Crippen molar-refractivity contribution in [2.24, 2.45) is 5.92 Å². The van der Waals surface area contributed by atoms with Gasteiger partial charge in [0, 0.05) is 16.2 Å². The third kappa shape index (κ3) is 4.22. The Hall–Kier alpha value is -0.710. The molecule has 96 valence electrons. The number of anilines is 1. The highest BCUT2D eigenvalue weighted by Crippen LogP contribution is 2.33. The van der Waals surface area contributed by atoms with Crippen molar-refractivity contribution >= 4 is 21.6 Å². The van der Waals surface area contributed by atoms with Crippen LogP contribution in [0.3, 0.4) is 0 Å². The van der Waals surface area contributed by atoms with Crippen molar-refractivity contribution in [1.82, 2.24) is 0 Å². The molecule has 0 saturated carbocycles.